The maximum absolute atomic E-state index is 12.7. The minimum absolute atomic E-state index is 0.0498. The van der Waals surface area contributed by atoms with Crippen molar-refractivity contribution in [1.82, 2.24) is 19.9 Å². The maximum atomic E-state index is 12.7. The zero-order valence-electron chi connectivity index (χ0n) is 16.0. The van der Waals surface area contributed by atoms with Crippen molar-refractivity contribution in [2.45, 2.75) is 72.8 Å². The van der Waals surface area contributed by atoms with Crippen LogP contribution in [0.4, 0.5) is 0 Å². The minimum Gasteiger partial charge on any atom is -0.349 e. The fourth-order valence-electron chi connectivity index (χ4n) is 2.47. The molecule has 1 atom stereocenters. The molecule has 2 rings (SSSR count). The Morgan fingerprint density at radius 2 is 1.96 bits per heavy atom. The Hall–Kier alpha value is -1.91. The molecule has 2 aromatic heterocycles. The highest BCUT2D eigenvalue weighted by Crippen LogP contribution is 2.23. The Kier molecular flexibility index (Phi) is 5.31. The molecule has 0 saturated carbocycles. The van der Waals surface area contributed by atoms with Gasteiger partial charge in [0.05, 0.1) is 17.0 Å². The summed E-state index contributed by atoms with van der Waals surface area (Å²) in [5, 5.41) is 7.81. The van der Waals surface area contributed by atoms with E-state index in [0.29, 0.717) is 11.5 Å². The molecule has 5 heteroatoms. The number of nitrogens with one attached hydrogen (secondary N) is 1. The summed E-state index contributed by atoms with van der Waals surface area (Å²) in [6.07, 6.45) is 3.43. The molecule has 0 aliphatic carbocycles. The number of amides is 1. The standard InChI is InChI=1S/C19H30N4O/c1-8-9-15-14(18(24)21-13(4)12(2)3)11-20-17-10-16(19(5,6)7)22-23(15)17/h10-13H,8-9H2,1-7H3,(H,21,24). The van der Waals surface area contributed by atoms with E-state index in [2.05, 4.69) is 51.8 Å². The summed E-state index contributed by atoms with van der Waals surface area (Å²) in [7, 11) is 0. The molecule has 24 heavy (non-hydrogen) atoms. The zero-order valence-corrected chi connectivity index (χ0v) is 16.0. The van der Waals surface area contributed by atoms with Crippen molar-refractivity contribution in [3.8, 4) is 0 Å². The summed E-state index contributed by atoms with van der Waals surface area (Å²) in [5.41, 5.74) is 3.30. The van der Waals surface area contributed by atoms with Crippen LogP contribution in [0.15, 0.2) is 12.3 Å². The first-order valence-corrected chi connectivity index (χ1v) is 8.84. The predicted octanol–water partition coefficient (Wildman–Crippen LogP) is 3.75. The van der Waals surface area contributed by atoms with E-state index in [1.54, 1.807) is 6.20 Å². The molecule has 0 radical (unpaired) electrons. The average molecular weight is 330 g/mol. The quantitative estimate of drug-likeness (QED) is 0.908. The van der Waals surface area contributed by atoms with Gasteiger partial charge in [-0.25, -0.2) is 9.50 Å². The van der Waals surface area contributed by atoms with Crippen LogP contribution < -0.4 is 5.32 Å². The predicted molar refractivity (Wildman–Crippen MR) is 97.4 cm³/mol. The molecule has 0 aliphatic heterocycles. The SMILES string of the molecule is CCCc1c(C(=O)NC(C)C(C)C)cnc2cc(C(C)(C)C)nn12. The van der Waals surface area contributed by atoms with E-state index in [0.717, 1.165) is 29.9 Å². The van der Waals surface area contributed by atoms with Crippen LogP contribution in [0.1, 0.15) is 76.6 Å². The smallest absolute Gasteiger partial charge is 0.254 e. The highest BCUT2D eigenvalue weighted by molar-refractivity contribution is 5.95. The van der Waals surface area contributed by atoms with E-state index in [4.69, 9.17) is 5.10 Å². The van der Waals surface area contributed by atoms with E-state index >= 15 is 0 Å². The van der Waals surface area contributed by atoms with Crippen molar-refractivity contribution >= 4 is 11.6 Å². The highest BCUT2D eigenvalue weighted by atomic mass is 16.1. The lowest BCUT2D eigenvalue weighted by Crippen LogP contribution is -2.37. The summed E-state index contributed by atoms with van der Waals surface area (Å²) in [6, 6.07) is 2.13. The number of hydrogen-bond donors (Lipinski definition) is 1. The Balaban J connectivity index is 2.50. The van der Waals surface area contributed by atoms with Crippen molar-refractivity contribution < 1.29 is 4.79 Å². The Morgan fingerprint density at radius 1 is 1.29 bits per heavy atom. The topological polar surface area (TPSA) is 59.3 Å². The summed E-state index contributed by atoms with van der Waals surface area (Å²) in [6.45, 7) is 14.7. The maximum Gasteiger partial charge on any atom is 0.254 e. The fraction of sp³-hybridized carbons (Fsp3) is 0.632. The number of aryl methyl sites for hydroxylation is 1. The van der Waals surface area contributed by atoms with Gasteiger partial charge >= 0.3 is 0 Å². The zero-order chi connectivity index (χ0) is 18.1. The lowest BCUT2D eigenvalue weighted by atomic mass is 9.93. The molecular weight excluding hydrogens is 300 g/mol. The lowest BCUT2D eigenvalue weighted by molar-refractivity contribution is 0.0928. The molecule has 132 valence electrons. The third-order valence-electron chi connectivity index (χ3n) is 4.44. The van der Waals surface area contributed by atoms with E-state index in [1.807, 2.05) is 17.5 Å². The first-order chi connectivity index (χ1) is 11.1. The number of hydrogen-bond acceptors (Lipinski definition) is 3. The third-order valence-corrected chi connectivity index (χ3v) is 4.44. The largest absolute Gasteiger partial charge is 0.349 e. The second-order valence-electron chi connectivity index (χ2n) is 7.92. The molecule has 0 aliphatic rings. The minimum atomic E-state index is -0.0677. The molecule has 0 bridgehead atoms. The molecule has 2 aromatic rings. The van der Waals surface area contributed by atoms with Gasteiger partial charge in [-0.2, -0.15) is 5.10 Å². The second kappa shape index (κ2) is 6.91. The van der Waals surface area contributed by atoms with Crippen molar-refractivity contribution in [1.29, 1.82) is 0 Å². The van der Waals surface area contributed by atoms with Gasteiger partial charge in [0.15, 0.2) is 5.65 Å². The first kappa shape index (κ1) is 18.4. The van der Waals surface area contributed by atoms with Crippen molar-refractivity contribution in [2.75, 3.05) is 0 Å². The van der Waals surface area contributed by atoms with Crippen LogP contribution >= 0.6 is 0 Å². The van der Waals surface area contributed by atoms with Gasteiger partial charge in [0.1, 0.15) is 0 Å². The Labute approximate surface area is 144 Å². The van der Waals surface area contributed by atoms with Crippen LogP contribution in [0.3, 0.4) is 0 Å². The van der Waals surface area contributed by atoms with Gasteiger partial charge in [0, 0.05) is 23.7 Å². The monoisotopic (exact) mass is 330 g/mol. The molecule has 1 N–H and O–H groups in total. The van der Waals surface area contributed by atoms with Crippen LogP contribution in [-0.4, -0.2) is 26.5 Å². The summed E-state index contributed by atoms with van der Waals surface area (Å²) in [4.78, 5) is 17.2. The van der Waals surface area contributed by atoms with Crippen LogP contribution in [0, 0.1) is 5.92 Å². The van der Waals surface area contributed by atoms with Crippen molar-refractivity contribution in [2.24, 2.45) is 5.92 Å². The number of nitrogens with zero attached hydrogens (tertiary/aromatic N) is 3. The molecule has 0 fully saturated rings. The van der Waals surface area contributed by atoms with Crippen molar-refractivity contribution in [3.63, 3.8) is 0 Å². The lowest BCUT2D eigenvalue weighted by Gasteiger charge is -2.18. The molecule has 2 heterocycles. The third kappa shape index (κ3) is 3.77. The van der Waals surface area contributed by atoms with E-state index in [-0.39, 0.29) is 17.4 Å². The number of carbonyl (C=O) groups excluding carboxylic acids is 1. The van der Waals surface area contributed by atoms with Gasteiger partial charge in [-0.1, -0.05) is 48.0 Å². The molecule has 5 nitrogen and oxygen atoms in total. The Bertz CT molecular complexity index is 725. The van der Waals surface area contributed by atoms with Gasteiger partial charge in [0.25, 0.3) is 5.91 Å². The van der Waals surface area contributed by atoms with Crippen LogP contribution in [0.5, 0.6) is 0 Å². The average Bonchev–Trinajstić information content (AvgIpc) is 2.92. The van der Waals surface area contributed by atoms with E-state index in [1.165, 1.54) is 0 Å². The van der Waals surface area contributed by atoms with Crippen LogP contribution in [0.2, 0.25) is 0 Å². The Morgan fingerprint density at radius 3 is 2.50 bits per heavy atom. The number of rotatable bonds is 5. The normalized spacial score (nSPS) is 13.5. The molecular formula is C19H30N4O. The molecule has 1 amide bonds. The summed E-state index contributed by atoms with van der Waals surface area (Å²) < 4.78 is 1.85. The fourth-order valence-corrected chi connectivity index (χ4v) is 2.47. The van der Waals surface area contributed by atoms with Gasteiger partial charge < -0.3 is 5.32 Å². The molecule has 1 unspecified atom stereocenters. The highest BCUT2D eigenvalue weighted by Gasteiger charge is 2.22. The van der Waals surface area contributed by atoms with Crippen molar-refractivity contribution in [3.05, 3.63) is 29.2 Å². The van der Waals surface area contributed by atoms with Gasteiger partial charge in [0.2, 0.25) is 0 Å². The first-order valence-electron chi connectivity index (χ1n) is 8.84. The molecule has 0 saturated heterocycles. The summed E-state index contributed by atoms with van der Waals surface area (Å²) in [5.74, 6) is 0.319. The number of aromatic nitrogens is 3. The molecule has 0 aromatic carbocycles. The van der Waals surface area contributed by atoms with Crippen LogP contribution in [-0.2, 0) is 11.8 Å². The van der Waals surface area contributed by atoms with E-state index < -0.39 is 0 Å². The number of carbonyl (C=O) groups is 1. The molecule has 0 spiro atoms. The summed E-state index contributed by atoms with van der Waals surface area (Å²) >= 11 is 0. The van der Waals surface area contributed by atoms with E-state index in [9.17, 15) is 4.79 Å². The second-order valence-corrected chi connectivity index (χ2v) is 7.92. The van der Waals surface area contributed by atoms with Gasteiger partial charge in [-0.05, 0) is 19.3 Å². The van der Waals surface area contributed by atoms with Crippen LogP contribution in [0.25, 0.3) is 5.65 Å². The van der Waals surface area contributed by atoms with Gasteiger partial charge in [-0.3, -0.25) is 4.79 Å². The van der Waals surface area contributed by atoms with Gasteiger partial charge in [-0.15, -0.1) is 0 Å². The number of fused-ring (bicyclic) bond motifs is 1.